The van der Waals surface area contributed by atoms with Crippen LogP contribution in [0.4, 0.5) is 5.69 Å². The molecule has 0 aliphatic carbocycles. The maximum absolute atomic E-state index is 11.0. The Morgan fingerprint density at radius 2 is 2.17 bits per heavy atom. The van der Waals surface area contributed by atoms with E-state index >= 15 is 0 Å². The van der Waals surface area contributed by atoms with Gasteiger partial charge >= 0.3 is 0 Å². The Kier molecular flexibility index (Phi) is 2.24. The highest BCUT2D eigenvalue weighted by molar-refractivity contribution is 6.34. The second-order valence-electron chi connectivity index (χ2n) is 2.41. The third-order valence-electron chi connectivity index (χ3n) is 1.52. The Bertz CT molecular complexity index is 336. The van der Waals surface area contributed by atoms with Crippen LogP contribution in [-0.2, 0) is 0 Å². The fourth-order valence-corrected chi connectivity index (χ4v) is 1.24. The molecule has 3 N–H and O–H groups in total. The predicted octanol–water partition coefficient (Wildman–Crippen LogP) is 1.83. The quantitative estimate of drug-likeness (QED) is 0.399. The number of hydrogen-bond donors (Lipinski definition) is 2. The predicted molar refractivity (Wildman–Crippen MR) is 47.5 cm³/mol. The number of anilines is 1. The highest BCUT2D eigenvalue weighted by Gasteiger charge is 2.12. The molecule has 0 bridgehead atoms. The molecule has 0 aliphatic heterocycles. The Morgan fingerprint density at radius 3 is 2.58 bits per heavy atom. The number of ketones is 1. The summed E-state index contributed by atoms with van der Waals surface area (Å²) >= 11 is 5.68. The van der Waals surface area contributed by atoms with E-state index in [0.29, 0.717) is 0 Å². The summed E-state index contributed by atoms with van der Waals surface area (Å²) in [6.07, 6.45) is 0. The number of aromatic hydroxyl groups is 1. The van der Waals surface area contributed by atoms with E-state index in [1.807, 2.05) is 0 Å². The van der Waals surface area contributed by atoms with Gasteiger partial charge in [-0.25, -0.2) is 0 Å². The monoisotopic (exact) mass is 185 g/mol. The molecule has 12 heavy (non-hydrogen) atoms. The standard InChI is InChI=1S/C8H8ClNO2/c1-4(11)7-5(9)2-3-6(12)8(7)10/h2-3,12H,10H2,1H3. The minimum atomic E-state index is -0.256. The smallest absolute Gasteiger partial charge is 0.163 e. The number of hydrogen-bond acceptors (Lipinski definition) is 3. The van der Waals surface area contributed by atoms with Crippen LogP contribution in [0.3, 0.4) is 0 Å². The fraction of sp³-hybridized carbons (Fsp3) is 0.125. The van der Waals surface area contributed by atoms with Crippen molar-refractivity contribution in [2.24, 2.45) is 0 Å². The Balaban J connectivity index is 3.43. The Morgan fingerprint density at radius 1 is 1.58 bits per heavy atom. The summed E-state index contributed by atoms with van der Waals surface area (Å²) in [5.74, 6) is -0.377. The summed E-state index contributed by atoms with van der Waals surface area (Å²) in [6.45, 7) is 1.34. The van der Waals surface area contributed by atoms with Crippen LogP contribution in [0.15, 0.2) is 12.1 Å². The number of nitrogen functional groups attached to an aromatic ring is 1. The fourth-order valence-electron chi connectivity index (χ4n) is 0.940. The zero-order valence-electron chi connectivity index (χ0n) is 6.47. The number of phenols is 1. The van der Waals surface area contributed by atoms with Crippen molar-refractivity contribution in [3.63, 3.8) is 0 Å². The van der Waals surface area contributed by atoms with Gasteiger partial charge in [0, 0.05) is 0 Å². The summed E-state index contributed by atoms with van der Waals surface area (Å²) < 4.78 is 0. The number of carbonyl (C=O) groups excluding carboxylic acids is 1. The second-order valence-corrected chi connectivity index (χ2v) is 2.82. The molecule has 0 atom stereocenters. The topological polar surface area (TPSA) is 63.3 Å². The van der Waals surface area contributed by atoms with E-state index in [4.69, 9.17) is 22.4 Å². The highest BCUT2D eigenvalue weighted by Crippen LogP contribution is 2.30. The maximum atomic E-state index is 11.0. The van der Waals surface area contributed by atoms with Gasteiger partial charge in [-0.3, -0.25) is 4.79 Å². The van der Waals surface area contributed by atoms with Gasteiger partial charge in [0.05, 0.1) is 16.3 Å². The van der Waals surface area contributed by atoms with Gasteiger partial charge in [-0.05, 0) is 19.1 Å². The molecule has 0 saturated carbocycles. The van der Waals surface area contributed by atoms with Crippen LogP contribution in [0.5, 0.6) is 5.75 Å². The van der Waals surface area contributed by atoms with Crippen LogP contribution in [0.25, 0.3) is 0 Å². The zero-order valence-corrected chi connectivity index (χ0v) is 7.22. The average Bonchev–Trinajstić information content (AvgIpc) is 1.97. The first kappa shape index (κ1) is 8.87. The largest absolute Gasteiger partial charge is 0.506 e. The van der Waals surface area contributed by atoms with Crippen molar-refractivity contribution < 1.29 is 9.90 Å². The lowest BCUT2D eigenvalue weighted by Gasteiger charge is -2.05. The Hall–Kier alpha value is -1.22. The van der Waals surface area contributed by atoms with Crippen molar-refractivity contribution in [1.82, 2.24) is 0 Å². The summed E-state index contributed by atoms with van der Waals surface area (Å²) in [5.41, 5.74) is 5.64. The Labute approximate surface area is 74.8 Å². The molecule has 0 unspecified atom stereocenters. The van der Waals surface area contributed by atoms with Gasteiger partial charge in [0.15, 0.2) is 5.78 Å². The van der Waals surface area contributed by atoms with E-state index in [0.717, 1.165) is 0 Å². The molecule has 0 amide bonds. The summed E-state index contributed by atoms with van der Waals surface area (Å²) in [6, 6.07) is 2.79. The third-order valence-corrected chi connectivity index (χ3v) is 1.84. The normalized spacial score (nSPS) is 9.83. The minimum absolute atomic E-state index is 0.0370. The molecule has 1 aromatic rings. The lowest BCUT2D eigenvalue weighted by molar-refractivity contribution is 0.101. The van der Waals surface area contributed by atoms with Crippen LogP contribution < -0.4 is 5.73 Å². The van der Waals surface area contributed by atoms with E-state index in [2.05, 4.69) is 0 Å². The number of nitrogens with two attached hydrogens (primary N) is 1. The molecule has 0 aliphatic rings. The number of phenolic OH excluding ortho intramolecular Hbond substituents is 1. The van der Waals surface area contributed by atoms with E-state index < -0.39 is 0 Å². The molecule has 4 heteroatoms. The van der Waals surface area contributed by atoms with E-state index in [-0.39, 0.29) is 27.8 Å². The van der Waals surface area contributed by atoms with Gasteiger partial charge in [-0.1, -0.05) is 11.6 Å². The first-order valence-electron chi connectivity index (χ1n) is 3.32. The number of benzene rings is 1. The number of halogens is 1. The number of carbonyl (C=O) groups is 1. The number of Topliss-reactive ketones (excluding diaryl/α,β-unsaturated/α-hetero) is 1. The van der Waals surface area contributed by atoms with Crippen LogP contribution >= 0.6 is 11.6 Å². The summed E-state index contributed by atoms with van der Waals surface area (Å²) in [4.78, 5) is 11.0. The molecular formula is C8H8ClNO2. The second kappa shape index (κ2) is 3.03. The molecule has 0 fully saturated rings. The zero-order chi connectivity index (χ0) is 9.30. The van der Waals surface area contributed by atoms with Crippen LogP contribution in [0, 0.1) is 0 Å². The van der Waals surface area contributed by atoms with Gasteiger partial charge < -0.3 is 10.8 Å². The van der Waals surface area contributed by atoms with Crippen molar-refractivity contribution in [3.05, 3.63) is 22.7 Å². The first-order chi connectivity index (χ1) is 5.54. The highest BCUT2D eigenvalue weighted by atomic mass is 35.5. The molecule has 0 heterocycles. The molecule has 0 aromatic heterocycles. The van der Waals surface area contributed by atoms with Gasteiger partial charge in [-0.15, -0.1) is 0 Å². The van der Waals surface area contributed by atoms with E-state index in [1.165, 1.54) is 19.1 Å². The first-order valence-corrected chi connectivity index (χ1v) is 3.69. The van der Waals surface area contributed by atoms with Crippen LogP contribution in [0.1, 0.15) is 17.3 Å². The van der Waals surface area contributed by atoms with Gasteiger partial charge in [0.25, 0.3) is 0 Å². The van der Waals surface area contributed by atoms with Crippen molar-refractivity contribution in [3.8, 4) is 5.75 Å². The van der Waals surface area contributed by atoms with Crippen LogP contribution in [0.2, 0.25) is 5.02 Å². The lowest BCUT2D eigenvalue weighted by Crippen LogP contribution is -2.00. The molecule has 64 valence electrons. The van der Waals surface area contributed by atoms with Crippen LogP contribution in [-0.4, -0.2) is 10.9 Å². The molecular weight excluding hydrogens is 178 g/mol. The number of rotatable bonds is 1. The van der Waals surface area contributed by atoms with Crippen molar-refractivity contribution in [2.75, 3.05) is 5.73 Å². The van der Waals surface area contributed by atoms with Gasteiger partial charge in [-0.2, -0.15) is 0 Å². The van der Waals surface area contributed by atoms with Crippen molar-refractivity contribution in [1.29, 1.82) is 0 Å². The third kappa shape index (κ3) is 1.36. The van der Waals surface area contributed by atoms with Crippen molar-refractivity contribution in [2.45, 2.75) is 6.92 Å². The summed E-state index contributed by atoms with van der Waals surface area (Å²) in [7, 11) is 0. The molecule has 0 radical (unpaired) electrons. The van der Waals surface area contributed by atoms with E-state index in [1.54, 1.807) is 0 Å². The molecule has 0 saturated heterocycles. The molecule has 3 nitrogen and oxygen atoms in total. The van der Waals surface area contributed by atoms with Crippen molar-refractivity contribution >= 4 is 23.1 Å². The lowest BCUT2D eigenvalue weighted by atomic mass is 10.1. The van der Waals surface area contributed by atoms with Gasteiger partial charge in [0.1, 0.15) is 5.75 Å². The minimum Gasteiger partial charge on any atom is -0.506 e. The molecule has 1 rings (SSSR count). The molecule has 0 spiro atoms. The average molecular weight is 186 g/mol. The molecule has 1 aromatic carbocycles. The van der Waals surface area contributed by atoms with E-state index in [9.17, 15) is 4.79 Å². The van der Waals surface area contributed by atoms with Gasteiger partial charge in [0.2, 0.25) is 0 Å². The summed E-state index contributed by atoms with van der Waals surface area (Å²) in [5, 5.41) is 9.40. The maximum Gasteiger partial charge on any atom is 0.163 e. The SMILES string of the molecule is CC(=O)c1c(Cl)ccc(O)c1N.